The molecule has 26 heavy (non-hydrogen) atoms. The first-order chi connectivity index (χ1) is 12.3. The third-order valence-electron chi connectivity index (χ3n) is 3.32. The van der Waals surface area contributed by atoms with Gasteiger partial charge in [0.15, 0.2) is 6.61 Å². The van der Waals surface area contributed by atoms with E-state index < -0.39 is 24.4 Å². The zero-order valence-corrected chi connectivity index (χ0v) is 15.4. The molecular weight excluding hydrogens is 352 g/mol. The summed E-state index contributed by atoms with van der Waals surface area (Å²) in [4.78, 5) is 35.8. The molecule has 3 N–H and O–H groups in total. The van der Waals surface area contributed by atoms with Crippen LogP contribution in [0.1, 0.15) is 21.5 Å². The molecule has 6 nitrogen and oxygen atoms in total. The summed E-state index contributed by atoms with van der Waals surface area (Å²) in [5.74, 6) is -1.36. The Balaban J connectivity index is 1.94. The summed E-state index contributed by atoms with van der Waals surface area (Å²) in [6.07, 6.45) is 0. The van der Waals surface area contributed by atoms with Crippen LogP contribution in [0.4, 0.5) is 5.69 Å². The van der Waals surface area contributed by atoms with Crippen molar-refractivity contribution in [2.45, 2.75) is 18.7 Å². The van der Waals surface area contributed by atoms with E-state index in [1.165, 1.54) is 11.8 Å². The number of para-hydroxylation sites is 1. The highest BCUT2D eigenvalue weighted by atomic mass is 32.2. The number of rotatable bonds is 7. The van der Waals surface area contributed by atoms with Crippen LogP contribution >= 0.6 is 11.8 Å². The van der Waals surface area contributed by atoms with Gasteiger partial charge in [0.1, 0.15) is 0 Å². The number of hydrogen-bond acceptors (Lipinski definition) is 5. The largest absolute Gasteiger partial charge is 0.452 e. The van der Waals surface area contributed by atoms with E-state index >= 15 is 0 Å². The molecule has 0 aliphatic rings. The monoisotopic (exact) mass is 372 g/mol. The smallest absolute Gasteiger partial charge is 0.338 e. The molecular formula is C19H20N2O4S. The highest BCUT2D eigenvalue weighted by molar-refractivity contribution is 8.00. The number of hydrogen-bond donors (Lipinski definition) is 2. The van der Waals surface area contributed by atoms with Crippen LogP contribution in [0.2, 0.25) is 0 Å². The van der Waals surface area contributed by atoms with Gasteiger partial charge in [-0.05, 0) is 38.1 Å². The number of nitrogens with one attached hydrogen (secondary N) is 1. The topological polar surface area (TPSA) is 98.5 Å². The standard InChI is InChI=1S/C19H20N2O4S/c1-12-7-13(2)9-14(8-12)19(24)25-10-18(23)21-15-5-3-4-6-16(15)26-11-17(20)22/h3-9H,10-11H2,1-2H3,(H2,20,22)(H,21,23). The van der Waals surface area contributed by atoms with Crippen LogP contribution < -0.4 is 11.1 Å². The molecule has 0 bridgehead atoms. The number of primary amides is 1. The van der Waals surface area contributed by atoms with Crippen molar-refractivity contribution in [3.8, 4) is 0 Å². The average Bonchev–Trinajstić information content (AvgIpc) is 2.58. The molecule has 136 valence electrons. The fourth-order valence-corrected chi connectivity index (χ4v) is 3.09. The molecule has 0 atom stereocenters. The molecule has 0 saturated heterocycles. The summed E-state index contributed by atoms with van der Waals surface area (Å²) in [5.41, 5.74) is 7.98. The molecule has 0 aliphatic heterocycles. The number of amides is 2. The van der Waals surface area contributed by atoms with Gasteiger partial charge in [-0.15, -0.1) is 11.8 Å². The molecule has 2 amide bonds. The predicted octanol–water partition coefficient (Wildman–Crippen LogP) is 2.68. The second-order valence-corrected chi connectivity index (χ2v) is 6.77. The van der Waals surface area contributed by atoms with Gasteiger partial charge in [0.25, 0.3) is 5.91 Å². The van der Waals surface area contributed by atoms with Crippen molar-refractivity contribution in [1.29, 1.82) is 0 Å². The molecule has 0 saturated carbocycles. The number of anilines is 1. The average molecular weight is 372 g/mol. The predicted molar refractivity (Wildman–Crippen MR) is 101 cm³/mol. The maximum Gasteiger partial charge on any atom is 0.338 e. The van der Waals surface area contributed by atoms with Gasteiger partial charge < -0.3 is 15.8 Å². The van der Waals surface area contributed by atoms with Crippen molar-refractivity contribution < 1.29 is 19.1 Å². The quantitative estimate of drug-likeness (QED) is 0.575. The summed E-state index contributed by atoms with van der Waals surface area (Å²) in [7, 11) is 0. The van der Waals surface area contributed by atoms with Gasteiger partial charge in [-0.1, -0.05) is 29.3 Å². The first-order valence-electron chi connectivity index (χ1n) is 7.90. The first kappa shape index (κ1) is 19.5. The van der Waals surface area contributed by atoms with Crippen LogP contribution in [0.5, 0.6) is 0 Å². The molecule has 2 aromatic carbocycles. The van der Waals surface area contributed by atoms with E-state index in [0.717, 1.165) is 11.1 Å². The van der Waals surface area contributed by atoms with Gasteiger partial charge in [0.05, 0.1) is 17.0 Å². The second kappa shape index (κ2) is 9.05. The Labute approximate surface area is 156 Å². The molecule has 2 rings (SSSR count). The number of carbonyl (C=O) groups excluding carboxylic acids is 3. The SMILES string of the molecule is Cc1cc(C)cc(C(=O)OCC(=O)Nc2ccccc2SCC(N)=O)c1. The Morgan fingerprint density at radius 1 is 1.08 bits per heavy atom. The number of nitrogens with two attached hydrogens (primary N) is 1. The Bertz CT molecular complexity index is 816. The minimum atomic E-state index is -0.552. The van der Waals surface area contributed by atoms with Crippen molar-refractivity contribution in [2.24, 2.45) is 5.73 Å². The number of carbonyl (C=O) groups is 3. The zero-order valence-electron chi connectivity index (χ0n) is 14.6. The summed E-state index contributed by atoms with van der Waals surface area (Å²) >= 11 is 1.22. The molecule has 0 fully saturated rings. The Morgan fingerprint density at radius 2 is 1.73 bits per heavy atom. The van der Waals surface area contributed by atoms with E-state index in [2.05, 4.69) is 5.32 Å². The van der Waals surface area contributed by atoms with Gasteiger partial charge in [-0.25, -0.2) is 4.79 Å². The fraction of sp³-hybridized carbons (Fsp3) is 0.211. The molecule has 0 spiro atoms. The lowest BCUT2D eigenvalue weighted by molar-refractivity contribution is -0.119. The van der Waals surface area contributed by atoms with Crippen molar-refractivity contribution in [3.05, 3.63) is 59.2 Å². The van der Waals surface area contributed by atoms with Crippen molar-refractivity contribution >= 4 is 35.2 Å². The highest BCUT2D eigenvalue weighted by Crippen LogP contribution is 2.26. The number of thioether (sulfide) groups is 1. The van der Waals surface area contributed by atoms with Gasteiger partial charge in [0, 0.05) is 4.90 Å². The molecule has 0 aromatic heterocycles. The molecule has 7 heteroatoms. The lowest BCUT2D eigenvalue weighted by Gasteiger charge is -2.11. The summed E-state index contributed by atoms with van der Waals surface area (Å²) < 4.78 is 5.08. The van der Waals surface area contributed by atoms with Crippen LogP contribution in [0.25, 0.3) is 0 Å². The lowest BCUT2D eigenvalue weighted by Crippen LogP contribution is -2.21. The van der Waals surface area contributed by atoms with E-state index in [-0.39, 0.29) is 5.75 Å². The van der Waals surface area contributed by atoms with Crippen LogP contribution in [0.15, 0.2) is 47.4 Å². The molecule has 0 aliphatic carbocycles. The second-order valence-electron chi connectivity index (χ2n) is 5.75. The molecule has 0 unspecified atom stereocenters. The summed E-state index contributed by atoms with van der Waals surface area (Å²) in [6, 6.07) is 12.4. The van der Waals surface area contributed by atoms with Crippen molar-refractivity contribution in [3.63, 3.8) is 0 Å². The van der Waals surface area contributed by atoms with E-state index in [0.29, 0.717) is 16.1 Å². The van der Waals surface area contributed by atoms with E-state index in [1.807, 2.05) is 19.9 Å². The molecule has 0 heterocycles. The Kier molecular flexibility index (Phi) is 6.80. The minimum absolute atomic E-state index is 0.106. The zero-order chi connectivity index (χ0) is 19.1. The maximum absolute atomic E-state index is 12.1. The third kappa shape index (κ3) is 5.93. The van der Waals surface area contributed by atoms with Crippen LogP contribution in [-0.2, 0) is 14.3 Å². The third-order valence-corrected chi connectivity index (χ3v) is 4.42. The van der Waals surface area contributed by atoms with Crippen molar-refractivity contribution in [1.82, 2.24) is 0 Å². The lowest BCUT2D eigenvalue weighted by atomic mass is 10.1. The van der Waals surface area contributed by atoms with Gasteiger partial charge in [-0.2, -0.15) is 0 Å². The summed E-state index contributed by atoms with van der Waals surface area (Å²) in [5, 5.41) is 2.67. The number of ether oxygens (including phenoxy) is 1. The van der Waals surface area contributed by atoms with E-state index in [1.54, 1.807) is 36.4 Å². The minimum Gasteiger partial charge on any atom is -0.452 e. The number of benzene rings is 2. The highest BCUT2D eigenvalue weighted by Gasteiger charge is 2.13. The van der Waals surface area contributed by atoms with Crippen LogP contribution in [0, 0.1) is 13.8 Å². The fourth-order valence-electron chi connectivity index (χ4n) is 2.34. The first-order valence-corrected chi connectivity index (χ1v) is 8.89. The Hall–Kier alpha value is -2.80. The maximum atomic E-state index is 12.1. The number of aryl methyl sites for hydroxylation is 2. The van der Waals surface area contributed by atoms with Crippen LogP contribution in [0.3, 0.4) is 0 Å². The normalized spacial score (nSPS) is 10.2. The van der Waals surface area contributed by atoms with E-state index in [4.69, 9.17) is 10.5 Å². The Morgan fingerprint density at radius 3 is 2.38 bits per heavy atom. The molecule has 0 radical (unpaired) electrons. The van der Waals surface area contributed by atoms with Gasteiger partial charge in [-0.3, -0.25) is 9.59 Å². The molecule has 2 aromatic rings. The van der Waals surface area contributed by atoms with E-state index in [9.17, 15) is 14.4 Å². The van der Waals surface area contributed by atoms with Gasteiger partial charge >= 0.3 is 5.97 Å². The van der Waals surface area contributed by atoms with Crippen LogP contribution in [-0.4, -0.2) is 30.1 Å². The number of esters is 1. The summed E-state index contributed by atoms with van der Waals surface area (Å²) in [6.45, 7) is 3.37. The van der Waals surface area contributed by atoms with Gasteiger partial charge in [0.2, 0.25) is 5.91 Å². The van der Waals surface area contributed by atoms with Crippen molar-refractivity contribution in [2.75, 3.05) is 17.7 Å².